The van der Waals surface area contributed by atoms with Crippen LogP contribution in [0.15, 0.2) is 71.8 Å². The van der Waals surface area contributed by atoms with Crippen LogP contribution in [0.3, 0.4) is 0 Å². The van der Waals surface area contributed by atoms with Crippen molar-refractivity contribution >= 4 is 41.3 Å². The molecule has 7 nitrogen and oxygen atoms in total. The average molecular weight is 450 g/mol. The molecule has 0 aliphatic rings. The Bertz CT molecular complexity index is 1190. The molecule has 0 bridgehead atoms. The van der Waals surface area contributed by atoms with E-state index < -0.39 is 17.8 Å². The van der Waals surface area contributed by atoms with Gasteiger partial charge in [-0.15, -0.1) is 0 Å². The Morgan fingerprint density at radius 3 is 2.41 bits per heavy atom. The van der Waals surface area contributed by atoms with Crippen LogP contribution in [-0.2, 0) is 9.59 Å². The van der Waals surface area contributed by atoms with Crippen molar-refractivity contribution in [1.82, 2.24) is 5.43 Å². The van der Waals surface area contributed by atoms with Gasteiger partial charge in [0.15, 0.2) is 0 Å². The Balaban J connectivity index is 1.57. The van der Waals surface area contributed by atoms with Crippen molar-refractivity contribution in [3.05, 3.63) is 94.0 Å². The molecule has 2 amide bonds. The quantitative estimate of drug-likeness (QED) is 0.200. The van der Waals surface area contributed by atoms with E-state index in [9.17, 15) is 14.4 Å². The van der Waals surface area contributed by atoms with Gasteiger partial charge in [-0.3, -0.25) is 9.59 Å². The van der Waals surface area contributed by atoms with Gasteiger partial charge in [-0.05, 0) is 61.4 Å². The van der Waals surface area contributed by atoms with Gasteiger partial charge < -0.3 is 10.1 Å². The second-order valence-corrected chi connectivity index (χ2v) is 7.30. The number of nitrogens with zero attached hydrogens (tertiary/aromatic N) is 1. The van der Waals surface area contributed by atoms with Crippen molar-refractivity contribution in [2.75, 3.05) is 5.32 Å². The van der Waals surface area contributed by atoms with E-state index in [2.05, 4.69) is 15.8 Å². The maximum Gasteiger partial charge on any atom is 0.343 e. The number of amides is 2. The first kappa shape index (κ1) is 22.7. The van der Waals surface area contributed by atoms with E-state index in [0.29, 0.717) is 33.1 Å². The van der Waals surface area contributed by atoms with Crippen LogP contribution in [0.4, 0.5) is 5.69 Å². The Morgan fingerprint density at radius 2 is 1.66 bits per heavy atom. The van der Waals surface area contributed by atoms with Crippen molar-refractivity contribution in [2.45, 2.75) is 13.8 Å². The van der Waals surface area contributed by atoms with Crippen molar-refractivity contribution in [2.24, 2.45) is 5.10 Å². The number of anilines is 1. The zero-order valence-electron chi connectivity index (χ0n) is 17.4. The molecule has 2 N–H and O–H groups in total. The van der Waals surface area contributed by atoms with Crippen molar-refractivity contribution in [3.8, 4) is 5.75 Å². The SMILES string of the molecule is Cc1ccc(C(=O)Oc2cccc(/C=N/NC(=O)C(=O)Nc3cccc(Cl)c3C)c2)cc1. The van der Waals surface area contributed by atoms with Gasteiger partial charge in [0.1, 0.15) is 5.75 Å². The number of carbonyl (C=O) groups excluding carboxylic acids is 3. The van der Waals surface area contributed by atoms with E-state index in [1.165, 1.54) is 6.21 Å². The third kappa shape index (κ3) is 6.02. The highest BCUT2D eigenvalue weighted by molar-refractivity contribution is 6.40. The number of hydrogen-bond acceptors (Lipinski definition) is 5. The summed E-state index contributed by atoms with van der Waals surface area (Å²) < 4.78 is 5.37. The minimum atomic E-state index is -0.942. The molecule has 162 valence electrons. The van der Waals surface area contributed by atoms with Crippen LogP contribution in [0.5, 0.6) is 5.75 Å². The predicted molar refractivity (Wildman–Crippen MR) is 123 cm³/mol. The number of benzene rings is 3. The lowest BCUT2D eigenvalue weighted by Gasteiger charge is -2.08. The van der Waals surface area contributed by atoms with E-state index in [-0.39, 0.29) is 0 Å². The largest absolute Gasteiger partial charge is 0.423 e. The molecule has 0 aromatic heterocycles. The van der Waals surface area contributed by atoms with Crippen LogP contribution < -0.4 is 15.5 Å². The zero-order valence-corrected chi connectivity index (χ0v) is 18.1. The number of ether oxygens (including phenoxy) is 1. The third-order valence-electron chi connectivity index (χ3n) is 4.46. The van der Waals surface area contributed by atoms with Gasteiger partial charge in [-0.25, -0.2) is 10.2 Å². The molecule has 3 rings (SSSR count). The number of hydrogen-bond donors (Lipinski definition) is 2. The summed E-state index contributed by atoms with van der Waals surface area (Å²) in [5.41, 5.74) is 5.27. The van der Waals surface area contributed by atoms with E-state index in [4.69, 9.17) is 16.3 Å². The standard InChI is InChI=1S/C24H20ClN3O4/c1-15-9-11-18(12-10-15)24(31)32-19-6-3-5-17(13-19)14-26-28-23(30)22(29)27-21-8-4-7-20(25)16(21)2/h3-14H,1-2H3,(H,27,29)(H,28,30)/b26-14+. The number of aryl methyl sites for hydroxylation is 1. The molecule has 0 heterocycles. The lowest BCUT2D eigenvalue weighted by Crippen LogP contribution is -2.32. The van der Waals surface area contributed by atoms with Crippen LogP contribution in [-0.4, -0.2) is 24.0 Å². The molecule has 8 heteroatoms. The molecule has 0 atom stereocenters. The lowest BCUT2D eigenvalue weighted by atomic mass is 10.1. The maximum absolute atomic E-state index is 12.2. The average Bonchev–Trinajstić information content (AvgIpc) is 2.77. The summed E-state index contributed by atoms with van der Waals surface area (Å²) in [5, 5.41) is 6.74. The molecule has 3 aromatic rings. The van der Waals surface area contributed by atoms with Crippen LogP contribution in [0, 0.1) is 13.8 Å². The minimum absolute atomic E-state index is 0.319. The molecule has 0 aliphatic carbocycles. The number of nitrogens with one attached hydrogen (secondary N) is 2. The Kier molecular flexibility index (Phi) is 7.36. The first-order chi connectivity index (χ1) is 15.3. The zero-order chi connectivity index (χ0) is 23.1. The number of rotatable bonds is 5. The predicted octanol–water partition coefficient (Wildman–Crippen LogP) is 4.26. The monoisotopic (exact) mass is 449 g/mol. The summed E-state index contributed by atoms with van der Waals surface area (Å²) >= 11 is 6.01. The molecule has 3 aromatic carbocycles. The third-order valence-corrected chi connectivity index (χ3v) is 4.87. The van der Waals surface area contributed by atoms with Gasteiger partial charge in [0, 0.05) is 10.7 Å². The van der Waals surface area contributed by atoms with Gasteiger partial charge >= 0.3 is 17.8 Å². The lowest BCUT2D eigenvalue weighted by molar-refractivity contribution is -0.136. The number of hydrazone groups is 1. The topological polar surface area (TPSA) is 96.9 Å². The Hall–Kier alpha value is -3.97. The van der Waals surface area contributed by atoms with Crippen LogP contribution >= 0.6 is 11.6 Å². The molecule has 0 saturated carbocycles. The van der Waals surface area contributed by atoms with Crippen molar-refractivity contribution < 1.29 is 19.1 Å². The maximum atomic E-state index is 12.2. The van der Waals surface area contributed by atoms with Crippen LogP contribution in [0.25, 0.3) is 0 Å². The van der Waals surface area contributed by atoms with E-state index in [1.807, 2.05) is 19.1 Å². The summed E-state index contributed by atoms with van der Waals surface area (Å²) in [6.07, 6.45) is 1.33. The van der Waals surface area contributed by atoms with Gasteiger partial charge in [0.25, 0.3) is 0 Å². The Morgan fingerprint density at radius 1 is 0.938 bits per heavy atom. The molecule has 0 aliphatic heterocycles. The smallest absolute Gasteiger partial charge is 0.343 e. The van der Waals surface area contributed by atoms with E-state index in [1.54, 1.807) is 61.5 Å². The first-order valence-electron chi connectivity index (χ1n) is 9.62. The molecule has 32 heavy (non-hydrogen) atoms. The normalized spacial score (nSPS) is 10.6. The fraction of sp³-hybridized carbons (Fsp3) is 0.0833. The summed E-state index contributed by atoms with van der Waals surface area (Å²) in [7, 11) is 0. The highest BCUT2D eigenvalue weighted by Gasteiger charge is 2.14. The number of halogens is 1. The first-order valence-corrected chi connectivity index (χ1v) is 9.99. The van der Waals surface area contributed by atoms with E-state index >= 15 is 0 Å². The number of esters is 1. The summed E-state index contributed by atoms with van der Waals surface area (Å²) in [4.78, 5) is 36.3. The molecule has 0 fully saturated rings. The number of carbonyl (C=O) groups is 3. The highest BCUT2D eigenvalue weighted by atomic mass is 35.5. The molecule has 0 spiro atoms. The summed E-state index contributed by atoms with van der Waals surface area (Å²) in [5.74, 6) is -1.99. The van der Waals surface area contributed by atoms with Crippen LogP contribution in [0.1, 0.15) is 27.0 Å². The van der Waals surface area contributed by atoms with Crippen LogP contribution in [0.2, 0.25) is 5.02 Å². The molecular formula is C24H20ClN3O4. The molecular weight excluding hydrogens is 430 g/mol. The van der Waals surface area contributed by atoms with Gasteiger partial charge in [-0.2, -0.15) is 5.10 Å². The van der Waals surface area contributed by atoms with Gasteiger partial charge in [0.2, 0.25) is 0 Å². The van der Waals surface area contributed by atoms with Gasteiger partial charge in [0.05, 0.1) is 11.8 Å². The van der Waals surface area contributed by atoms with Gasteiger partial charge in [-0.1, -0.05) is 47.5 Å². The Labute approximate surface area is 190 Å². The second kappa shape index (κ2) is 10.4. The summed E-state index contributed by atoms with van der Waals surface area (Å²) in [6, 6.07) is 18.6. The second-order valence-electron chi connectivity index (χ2n) is 6.89. The van der Waals surface area contributed by atoms with Crippen molar-refractivity contribution in [1.29, 1.82) is 0 Å². The fourth-order valence-corrected chi connectivity index (χ4v) is 2.83. The molecule has 0 saturated heterocycles. The van der Waals surface area contributed by atoms with Crippen molar-refractivity contribution in [3.63, 3.8) is 0 Å². The van der Waals surface area contributed by atoms with E-state index in [0.717, 1.165) is 5.56 Å². The highest BCUT2D eigenvalue weighted by Crippen LogP contribution is 2.22. The fourth-order valence-electron chi connectivity index (χ4n) is 2.65. The molecule has 0 radical (unpaired) electrons. The minimum Gasteiger partial charge on any atom is -0.423 e. The molecule has 0 unspecified atom stereocenters. The summed E-state index contributed by atoms with van der Waals surface area (Å²) in [6.45, 7) is 3.66.